The van der Waals surface area contributed by atoms with E-state index in [9.17, 15) is 18.0 Å². The normalized spacial score (nSPS) is 16.8. The Hall–Kier alpha value is -2.97. The van der Waals surface area contributed by atoms with Crippen LogP contribution in [-0.4, -0.2) is 30.3 Å². The molecule has 0 saturated carbocycles. The molecule has 7 nitrogen and oxygen atoms in total. The van der Waals surface area contributed by atoms with Gasteiger partial charge in [-0.1, -0.05) is 36.4 Å². The van der Waals surface area contributed by atoms with Crippen LogP contribution in [-0.2, 0) is 21.1 Å². The molecular weight excluding hydrogens is 392 g/mol. The molecule has 2 heterocycles. The molecule has 0 unspecified atom stereocenters. The van der Waals surface area contributed by atoms with E-state index in [1.165, 1.54) is 16.7 Å². The first kappa shape index (κ1) is 19.4. The van der Waals surface area contributed by atoms with E-state index in [1.54, 1.807) is 48.5 Å². The molecule has 0 bridgehead atoms. The van der Waals surface area contributed by atoms with E-state index >= 15 is 0 Å². The van der Waals surface area contributed by atoms with Crippen molar-refractivity contribution >= 4 is 9.84 Å². The second kappa shape index (κ2) is 7.81. The summed E-state index contributed by atoms with van der Waals surface area (Å²) in [4.78, 5) is 25.8. The third kappa shape index (κ3) is 3.68. The Balaban J connectivity index is 1.96. The van der Waals surface area contributed by atoms with E-state index in [1.807, 2.05) is 0 Å². The van der Waals surface area contributed by atoms with Crippen molar-refractivity contribution in [2.45, 2.75) is 35.3 Å². The molecule has 4 rings (SSSR count). The second-order valence-electron chi connectivity index (χ2n) is 6.86. The standard InChI is InChI=1S/C21H20N2O5S/c24-20-19(29(26,27)18-11-5-2-6-12-18)15-22(14-17-10-7-13-28-17)21(25)23(20)16-8-3-1-4-9-16/h1-6,8-9,11-12,15,17H,7,10,13-14H2/t17-/m0/s1. The molecule has 1 atom stereocenters. The van der Waals surface area contributed by atoms with Crippen LogP contribution >= 0.6 is 0 Å². The van der Waals surface area contributed by atoms with Crippen LogP contribution in [0.1, 0.15) is 12.8 Å². The lowest BCUT2D eigenvalue weighted by molar-refractivity contribution is 0.0953. The summed E-state index contributed by atoms with van der Waals surface area (Å²) >= 11 is 0. The summed E-state index contributed by atoms with van der Waals surface area (Å²) in [6.45, 7) is 0.788. The fourth-order valence-corrected chi connectivity index (χ4v) is 4.79. The van der Waals surface area contributed by atoms with E-state index < -0.39 is 26.0 Å². The van der Waals surface area contributed by atoms with Gasteiger partial charge in [0.05, 0.1) is 23.2 Å². The summed E-state index contributed by atoms with van der Waals surface area (Å²) in [5, 5.41) is 0. The minimum Gasteiger partial charge on any atom is -0.376 e. The van der Waals surface area contributed by atoms with Crippen molar-refractivity contribution in [3.63, 3.8) is 0 Å². The van der Waals surface area contributed by atoms with Crippen LogP contribution in [0.4, 0.5) is 0 Å². The summed E-state index contributed by atoms with van der Waals surface area (Å²) in [5.74, 6) is 0. The SMILES string of the molecule is O=c1c(S(=O)(=O)c2ccccc2)cn(C[C@@H]2CCCO2)c(=O)n1-c1ccccc1. The fraction of sp³-hybridized carbons (Fsp3) is 0.238. The minimum absolute atomic E-state index is 0.000901. The first-order valence-electron chi connectivity index (χ1n) is 9.32. The highest BCUT2D eigenvalue weighted by Crippen LogP contribution is 2.19. The van der Waals surface area contributed by atoms with Crippen molar-refractivity contribution in [1.29, 1.82) is 0 Å². The molecule has 1 aliphatic heterocycles. The molecular formula is C21H20N2O5S. The predicted molar refractivity (Wildman–Crippen MR) is 107 cm³/mol. The van der Waals surface area contributed by atoms with E-state index in [2.05, 4.69) is 0 Å². The van der Waals surface area contributed by atoms with Crippen molar-refractivity contribution < 1.29 is 13.2 Å². The Morgan fingerprint density at radius 1 is 0.966 bits per heavy atom. The number of ether oxygens (including phenoxy) is 1. The zero-order valence-electron chi connectivity index (χ0n) is 15.6. The summed E-state index contributed by atoms with van der Waals surface area (Å²) in [6, 6.07) is 16.0. The van der Waals surface area contributed by atoms with Gasteiger partial charge in [0.25, 0.3) is 5.56 Å². The van der Waals surface area contributed by atoms with Crippen molar-refractivity contribution in [3.8, 4) is 5.69 Å². The molecule has 0 N–H and O–H groups in total. The fourth-order valence-electron chi connectivity index (χ4n) is 3.43. The molecule has 29 heavy (non-hydrogen) atoms. The average molecular weight is 412 g/mol. The second-order valence-corrected chi connectivity index (χ2v) is 8.77. The van der Waals surface area contributed by atoms with Crippen molar-refractivity contribution in [2.75, 3.05) is 6.61 Å². The van der Waals surface area contributed by atoms with Crippen LogP contribution in [0.2, 0.25) is 0 Å². The Bertz CT molecular complexity index is 1230. The van der Waals surface area contributed by atoms with Gasteiger partial charge < -0.3 is 4.74 Å². The topological polar surface area (TPSA) is 87.4 Å². The van der Waals surface area contributed by atoms with Gasteiger partial charge in [0.2, 0.25) is 9.84 Å². The maximum Gasteiger partial charge on any atom is 0.335 e. The van der Waals surface area contributed by atoms with Gasteiger partial charge in [-0.05, 0) is 37.1 Å². The predicted octanol–water partition coefficient (Wildman–Crippen LogP) is 2.01. The molecule has 0 spiro atoms. The van der Waals surface area contributed by atoms with Crippen LogP contribution in [0, 0.1) is 0 Å². The number of hydrogen-bond donors (Lipinski definition) is 0. The van der Waals surface area contributed by atoms with Gasteiger partial charge in [-0.3, -0.25) is 9.36 Å². The van der Waals surface area contributed by atoms with Crippen molar-refractivity contribution in [3.05, 3.63) is 87.7 Å². The number of aromatic nitrogens is 2. The van der Waals surface area contributed by atoms with E-state index in [0.29, 0.717) is 12.3 Å². The van der Waals surface area contributed by atoms with Crippen LogP contribution < -0.4 is 11.2 Å². The van der Waals surface area contributed by atoms with Gasteiger partial charge in [0.1, 0.15) is 0 Å². The van der Waals surface area contributed by atoms with Crippen LogP contribution in [0.15, 0.2) is 86.2 Å². The molecule has 1 fully saturated rings. The first-order valence-corrected chi connectivity index (χ1v) is 10.8. The molecule has 1 aromatic heterocycles. The lowest BCUT2D eigenvalue weighted by atomic mass is 10.2. The number of rotatable bonds is 5. The smallest absolute Gasteiger partial charge is 0.335 e. The van der Waals surface area contributed by atoms with Crippen LogP contribution in [0.5, 0.6) is 0 Å². The van der Waals surface area contributed by atoms with E-state index in [-0.39, 0.29) is 17.5 Å². The van der Waals surface area contributed by atoms with Gasteiger partial charge in [-0.15, -0.1) is 0 Å². The Morgan fingerprint density at radius 3 is 2.24 bits per heavy atom. The van der Waals surface area contributed by atoms with Crippen molar-refractivity contribution in [1.82, 2.24) is 9.13 Å². The molecule has 0 aliphatic carbocycles. The molecule has 8 heteroatoms. The molecule has 3 aromatic rings. The number of benzene rings is 2. The molecule has 2 aromatic carbocycles. The number of sulfone groups is 1. The highest BCUT2D eigenvalue weighted by Gasteiger charge is 2.27. The third-order valence-electron chi connectivity index (χ3n) is 4.91. The molecule has 0 radical (unpaired) electrons. The largest absolute Gasteiger partial charge is 0.376 e. The van der Waals surface area contributed by atoms with Crippen LogP contribution in [0.3, 0.4) is 0 Å². The van der Waals surface area contributed by atoms with Gasteiger partial charge >= 0.3 is 5.69 Å². The monoisotopic (exact) mass is 412 g/mol. The molecule has 1 saturated heterocycles. The summed E-state index contributed by atoms with van der Waals surface area (Å²) < 4.78 is 34.1. The quantitative estimate of drug-likeness (QED) is 0.640. The maximum absolute atomic E-state index is 13.2. The van der Waals surface area contributed by atoms with Gasteiger partial charge in [-0.25, -0.2) is 17.8 Å². The zero-order chi connectivity index (χ0) is 20.4. The zero-order valence-corrected chi connectivity index (χ0v) is 16.4. The molecule has 1 aliphatic rings. The van der Waals surface area contributed by atoms with Crippen molar-refractivity contribution in [2.24, 2.45) is 0 Å². The molecule has 0 amide bonds. The average Bonchev–Trinajstić information content (AvgIpc) is 3.25. The van der Waals surface area contributed by atoms with Crippen LogP contribution in [0.25, 0.3) is 5.69 Å². The van der Waals surface area contributed by atoms with Gasteiger partial charge in [0.15, 0.2) is 4.90 Å². The van der Waals surface area contributed by atoms with E-state index in [0.717, 1.165) is 23.6 Å². The number of nitrogens with zero attached hydrogens (tertiary/aromatic N) is 2. The first-order chi connectivity index (χ1) is 14.0. The lowest BCUT2D eigenvalue weighted by Crippen LogP contribution is -2.42. The Morgan fingerprint density at radius 2 is 1.62 bits per heavy atom. The van der Waals surface area contributed by atoms with Gasteiger partial charge in [-0.2, -0.15) is 0 Å². The number of hydrogen-bond acceptors (Lipinski definition) is 5. The summed E-state index contributed by atoms with van der Waals surface area (Å²) in [7, 11) is -4.11. The minimum atomic E-state index is -4.11. The number of para-hydroxylation sites is 1. The Labute approximate surface area is 167 Å². The molecule has 150 valence electrons. The Kier molecular flexibility index (Phi) is 5.21. The highest BCUT2D eigenvalue weighted by molar-refractivity contribution is 7.91. The highest BCUT2D eigenvalue weighted by atomic mass is 32.2. The lowest BCUT2D eigenvalue weighted by Gasteiger charge is -2.16. The third-order valence-corrected chi connectivity index (χ3v) is 6.66. The van der Waals surface area contributed by atoms with E-state index in [4.69, 9.17) is 4.74 Å². The van der Waals surface area contributed by atoms with Gasteiger partial charge in [0, 0.05) is 12.8 Å². The summed E-state index contributed by atoms with van der Waals surface area (Å²) in [5.41, 5.74) is -1.15. The summed E-state index contributed by atoms with van der Waals surface area (Å²) in [6.07, 6.45) is 2.61. The maximum atomic E-state index is 13.2.